The van der Waals surface area contributed by atoms with Crippen LogP contribution in [-0.2, 0) is 20.6 Å². The summed E-state index contributed by atoms with van der Waals surface area (Å²) in [6.07, 6.45) is 1.25. The Balaban J connectivity index is 2.02. The Morgan fingerprint density at radius 2 is 1.84 bits per heavy atom. The van der Waals surface area contributed by atoms with Crippen LogP contribution in [0.25, 0.3) is 5.57 Å². The summed E-state index contributed by atoms with van der Waals surface area (Å²) in [5.41, 5.74) is -3.01. The van der Waals surface area contributed by atoms with E-state index in [1.165, 1.54) is 6.20 Å². The van der Waals surface area contributed by atoms with Gasteiger partial charge in [0.05, 0.1) is 30.6 Å². The first-order valence-electron chi connectivity index (χ1n) is 9.72. The third-order valence-electron chi connectivity index (χ3n) is 5.35. The molecule has 31 heavy (non-hydrogen) atoms. The van der Waals surface area contributed by atoms with Crippen LogP contribution in [-0.4, -0.2) is 45.9 Å². The highest BCUT2D eigenvalue weighted by Crippen LogP contribution is 2.40. The summed E-state index contributed by atoms with van der Waals surface area (Å²) in [5.74, 6) is -2.46. The van der Waals surface area contributed by atoms with E-state index in [4.69, 9.17) is 14.0 Å². The molecule has 2 aromatic rings. The molecule has 1 aromatic heterocycles. The number of carbonyl (C=O) groups excluding carboxylic acids is 1. The molecular weight excluding hydrogens is 414 g/mol. The summed E-state index contributed by atoms with van der Waals surface area (Å²) < 4.78 is 61.1. The molecule has 0 amide bonds. The number of halogens is 3. The van der Waals surface area contributed by atoms with Crippen molar-refractivity contribution in [2.24, 2.45) is 0 Å². The standard InChI is InChI=1S/C20H23BF3N3O4/c1-6-29-18(28)16-11-27(26-25-16)10-14(13-8-7-12(22)9-15(13)23)17(24)21-30-19(2,3)20(4,5)31-21/h7-9,11H,6,10H2,1-5H3. The molecule has 11 heteroatoms. The number of esters is 1. The van der Waals surface area contributed by atoms with Gasteiger partial charge in [-0.25, -0.2) is 22.6 Å². The molecule has 0 aliphatic carbocycles. The molecule has 0 bridgehead atoms. The number of hydrogen-bond acceptors (Lipinski definition) is 6. The Labute approximate surface area is 178 Å². The van der Waals surface area contributed by atoms with E-state index in [9.17, 15) is 13.6 Å². The van der Waals surface area contributed by atoms with Crippen molar-refractivity contribution in [1.29, 1.82) is 0 Å². The topological polar surface area (TPSA) is 75.5 Å². The van der Waals surface area contributed by atoms with Crippen molar-refractivity contribution in [2.45, 2.75) is 52.4 Å². The van der Waals surface area contributed by atoms with Crippen molar-refractivity contribution in [1.82, 2.24) is 15.0 Å². The average Bonchev–Trinajstić information content (AvgIpc) is 3.22. The highest BCUT2D eigenvalue weighted by molar-refractivity contribution is 6.55. The first-order valence-corrected chi connectivity index (χ1v) is 9.72. The van der Waals surface area contributed by atoms with Crippen molar-refractivity contribution in [3.05, 3.63) is 53.0 Å². The molecule has 0 spiro atoms. The van der Waals surface area contributed by atoms with Gasteiger partial charge in [0, 0.05) is 17.2 Å². The molecule has 0 atom stereocenters. The zero-order chi connectivity index (χ0) is 23.0. The molecular formula is C20H23BF3N3O4. The van der Waals surface area contributed by atoms with Crippen molar-refractivity contribution >= 4 is 18.7 Å². The zero-order valence-electron chi connectivity index (χ0n) is 17.9. The van der Waals surface area contributed by atoms with Crippen molar-refractivity contribution < 1.29 is 32.0 Å². The molecule has 1 saturated heterocycles. The number of hydrogen-bond donors (Lipinski definition) is 0. The summed E-state index contributed by atoms with van der Waals surface area (Å²) in [5, 5.41) is 7.48. The van der Waals surface area contributed by atoms with Crippen molar-refractivity contribution in [3.8, 4) is 0 Å². The summed E-state index contributed by atoms with van der Waals surface area (Å²) in [6.45, 7) is 8.48. The van der Waals surface area contributed by atoms with Crippen LogP contribution in [0.15, 0.2) is 30.1 Å². The first-order chi connectivity index (χ1) is 14.4. The maximum Gasteiger partial charge on any atom is 0.525 e. The fourth-order valence-electron chi connectivity index (χ4n) is 2.95. The third kappa shape index (κ3) is 4.67. The van der Waals surface area contributed by atoms with Gasteiger partial charge < -0.3 is 14.0 Å². The highest BCUT2D eigenvalue weighted by atomic mass is 19.1. The lowest BCUT2D eigenvalue weighted by Crippen LogP contribution is -2.41. The van der Waals surface area contributed by atoms with E-state index in [1.807, 2.05) is 0 Å². The van der Waals surface area contributed by atoms with Gasteiger partial charge in [0.2, 0.25) is 0 Å². The summed E-state index contributed by atoms with van der Waals surface area (Å²) in [6, 6.07) is 2.79. The van der Waals surface area contributed by atoms with E-state index >= 15 is 4.39 Å². The van der Waals surface area contributed by atoms with Crippen LogP contribution in [0.1, 0.15) is 50.7 Å². The monoisotopic (exact) mass is 437 g/mol. The van der Waals surface area contributed by atoms with Gasteiger partial charge in [0.15, 0.2) is 5.69 Å². The first kappa shape index (κ1) is 23.0. The minimum atomic E-state index is -1.41. The van der Waals surface area contributed by atoms with Crippen LogP contribution in [0.3, 0.4) is 0 Å². The fraction of sp³-hybridized carbons (Fsp3) is 0.450. The van der Waals surface area contributed by atoms with Gasteiger partial charge in [-0.2, -0.15) is 0 Å². The summed E-state index contributed by atoms with van der Waals surface area (Å²) >= 11 is 0. The third-order valence-corrected chi connectivity index (χ3v) is 5.35. The van der Waals surface area contributed by atoms with Crippen LogP contribution in [0, 0.1) is 11.6 Å². The van der Waals surface area contributed by atoms with E-state index in [1.54, 1.807) is 34.6 Å². The Morgan fingerprint density at radius 1 is 1.19 bits per heavy atom. The lowest BCUT2D eigenvalue weighted by molar-refractivity contribution is 0.00578. The SMILES string of the molecule is CCOC(=O)c1cn(CC(=C(F)B2OC(C)(C)C(C)(C)O2)c2ccc(F)cc2F)nn1. The fourth-order valence-corrected chi connectivity index (χ4v) is 2.95. The number of benzene rings is 1. The molecule has 1 aromatic carbocycles. The van der Waals surface area contributed by atoms with E-state index in [2.05, 4.69) is 10.3 Å². The smallest absolute Gasteiger partial charge is 0.461 e. The van der Waals surface area contributed by atoms with Gasteiger partial charge in [-0.05, 0) is 46.8 Å². The number of ether oxygens (including phenoxy) is 1. The number of rotatable bonds is 6. The van der Waals surface area contributed by atoms with Gasteiger partial charge in [0.25, 0.3) is 0 Å². The van der Waals surface area contributed by atoms with Crippen LogP contribution in [0.5, 0.6) is 0 Å². The van der Waals surface area contributed by atoms with Gasteiger partial charge in [-0.3, -0.25) is 0 Å². The largest absolute Gasteiger partial charge is 0.525 e. The minimum Gasteiger partial charge on any atom is -0.461 e. The van der Waals surface area contributed by atoms with E-state index < -0.39 is 41.7 Å². The second kappa shape index (κ2) is 8.47. The predicted molar refractivity (Wildman–Crippen MR) is 106 cm³/mol. The molecule has 166 valence electrons. The predicted octanol–water partition coefficient (Wildman–Crippen LogP) is 3.75. The zero-order valence-corrected chi connectivity index (χ0v) is 17.9. The van der Waals surface area contributed by atoms with Crippen LogP contribution < -0.4 is 0 Å². The van der Waals surface area contributed by atoms with Gasteiger partial charge >= 0.3 is 13.1 Å². The van der Waals surface area contributed by atoms with Crippen LogP contribution in [0.4, 0.5) is 13.2 Å². The number of carbonyl (C=O) groups is 1. The van der Waals surface area contributed by atoms with Crippen molar-refractivity contribution in [3.63, 3.8) is 0 Å². The Hall–Kier alpha value is -2.66. The van der Waals surface area contributed by atoms with E-state index in [0.717, 1.165) is 16.8 Å². The minimum absolute atomic E-state index is 0.0863. The average molecular weight is 437 g/mol. The Bertz CT molecular complexity index is 1010. The molecule has 1 fully saturated rings. The van der Waals surface area contributed by atoms with Gasteiger partial charge in [-0.15, -0.1) is 5.10 Å². The van der Waals surface area contributed by atoms with Crippen molar-refractivity contribution in [2.75, 3.05) is 6.61 Å². The lowest BCUT2D eigenvalue weighted by Gasteiger charge is -2.32. The number of allylic oxidation sites excluding steroid dienone is 1. The normalized spacial score (nSPS) is 18.1. The maximum atomic E-state index is 15.6. The second-order valence-corrected chi connectivity index (χ2v) is 8.06. The Kier molecular flexibility index (Phi) is 6.29. The quantitative estimate of drug-likeness (QED) is 0.507. The molecule has 1 aliphatic rings. The molecule has 7 nitrogen and oxygen atoms in total. The highest BCUT2D eigenvalue weighted by Gasteiger charge is 2.53. The molecule has 0 saturated carbocycles. The van der Waals surface area contributed by atoms with E-state index in [-0.39, 0.29) is 30.0 Å². The van der Waals surface area contributed by atoms with Gasteiger partial charge in [-0.1, -0.05) is 5.21 Å². The summed E-state index contributed by atoms with van der Waals surface area (Å²) in [7, 11) is -1.41. The molecule has 1 aliphatic heterocycles. The lowest BCUT2D eigenvalue weighted by atomic mass is 9.82. The summed E-state index contributed by atoms with van der Waals surface area (Å²) in [4.78, 5) is 11.8. The number of aromatic nitrogens is 3. The molecule has 3 rings (SSSR count). The maximum absolute atomic E-state index is 15.6. The molecule has 0 radical (unpaired) electrons. The molecule has 0 N–H and O–H groups in total. The molecule has 2 heterocycles. The Morgan fingerprint density at radius 3 is 2.42 bits per heavy atom. The van der Waals surface area contributed by atoms with Gasteiger partial charge in [0.1, 0.15) is 17.4 Å². The van der Waals surface area contributed by atoms with Crippen LogP contribution in [0.2, 0.25) is 0 Å². The molecule has 0 unspecified atom stereocenters. The second-order valence-electron chi connectivity index (χ2n) is 8.06. The number of nitrogens with zero attached hydrogens (tertiary/aromatic N) is 3. The van der Waals surface area contributed by atoms with Crippen LogP contribution >= 0.6 is 0 Å². The van der Waals surface area contributed by atoms with E-state index in [0.29, 0.717) is 6.07 Å².